The van der Waals surface area contributed by atoms with Gasteiger partial charge in [-0.2, -0.15) is 0 Å². The number of carbonyl (C=O) groups excluding carboxylic acids is 6. The first-order valence-electron chi connectivity index (χ1n) is 45.0. The van der Waals surface area contributed by atoms with E-state index in [4.69, 9.17) is 0 Å². The molecule has 3 heterocycles. The van der Waals surface area contributed by atoms with Crippen molar-refractivity contribution in [2.75, 3.05) is 14.7 Å². The van der Waals surface area contributed by atoms with E-state index in [1.807, 2.05) is 91.0 Å². The molecule has 6 amide bonds. The molecule has 0 aliphatic carbocycles. The van der Waals surface area contributed by atoms with Crippen molar-refractivity contribution in [1.82, 2.24) is 0 Å². The molecule has 0 N–H and O–H groups in total. The molecule has 9 nitrogen and oxygen atoms in total. The Morgan fingerprint density at radius 2 is 0.472 bits per heavy atom. The number of anilines is 3. The van der Waals surface area contributed by atoms with Crippen LogP contribution in [-0.4, -0.2) is 35.4 Å². The third kappa shape index (κ3) is 12.5. The smallest absolute Gasteiger partial charge is 0.266 e. The fourth-order valence-corrected chi connectivity index (χ4v) is 21.1. The van der Waals surface area contributed by atoms with Crippen LogP contribution in [0.3, 0.4) is 0 Å². The Morgan fingerprint density at radius 1 is 0.228 bits per heavy atom. The summed E-state index contributed by atoms with van der Waals surface area (Å²) < 4.78 is 0. The van der Waals surface area contributed by atoms with Crippen molar-refractivity contribution >= 4 is 182 Å². The van der Waals surface area contributed by atoms with Crippen LogP contribution >= 0.6 is 0 Å². The highest BCUT2D eigenvalue weighted by Gasteiger charge is 2.43. The molecule has 22 rings (SSSR count). The van der Waals surface area contributed by atoms with Gasteiger partial charge in [-0.05, 0) is 267 Å². The monoisotopic (exact) mass is 1660 g/mol. The van der Waals surface area contributed by atoms with E-state index >= 15 is 0 Å². The summed E-state index contributed by atoms with van der Waals surface area (Å²) in [6, 6.07) is 85.7. The van der Waals surface area contributed by atoms with Crippen LogP contribution in [0, 0.1) is 17.3 Å². The number of fused-ring (bicyclic) bond motifs is 6. The molecule has 0 radical (unpaired) electrons. The van der Waals surface area contributed by atoms with E-state index in [1.165, 1.54) is 58.3 Å². The number of hydrogen-bond donors (Lipinski definition) is 0. The zero-order valence-corrected chi connectivity index (χ0v) is 75.4. The summed E-state index contributed by atoms with van der Waals surface area (Å²) in [7, 11) is 0. The summed E-state index contributed by atoms with van der Waals surface area (Å²) in [5, 5.41) is 25.6. The topological polar surface area (TPSA) is 112 Å². The Balaban J connectivity index is 0.000000121. The van der Waals surface area contributed by atoms with Gasteiger partial charge in [0, 0.05) is 60.5 Å². The summed E-state index contributed by atoms with van der Waals surface area (Å²) in [5.74, 6) is 6.27. The zero-order valence-electron chi connectivity index (χ0n) is 75.4. The van der Waals surface area contributed by atoms with Crippen LogP contribution in [0.1, 0.15) is 267 Å². The molecule has 0 saturated heterocycles. The minimum Gasteiger partial charge on any atom is -0.268 e. The van der Waals surface area contributed by atoms with Gasteiger partial charge in [-0.15, -0.1) is 0 Å². The lowest BCUT2D eigenvalue weighted by molar-refractivity contribution is 0.0877. The highest BCUT2D eigenvalue weighted by atomic mass is 16.2. The first-order valence-corrected chi connectivity index (χ1v) is 45.0. The van der Waals surface area contributed by atoms with Crippen LogP contribution in [0.15, 0.2) is 249 Å². The van der Waals surface area contributed by atoms with E-state index in [1.54, 1.807) is 0 Å². The highest BCUT2D eigenvalue weighted by molar-refractivity contribution is 6.46. The molecule has 3 aliphatic heterocycles. The minimum atomic E-state index is -0.256. The predicted molar refractivity (Wildman–Crippen MR) is 531 cm³/mol. The summed E-state index contributed by atoms with van der Waals surface area (Å²) in [6.45, 7) is 38.4. The molecular formula is C118H101N3O6. The van der Waals surface area contributed by atoms with Crippen molar-refractivity contribution in [3.8, 4) is 23.0 Å². The number of rotatable bonds is 10. The van der Waals surface area contributed by atoms with Gasteiger partial charge in [0.05, 0.1) is 17.1 Å². The predicted octanol–water partition coefficient (Wildman–Crippen LogP) is 30.7. The lowest BCUT2D eigenvalue weighted by Gasteiger charge is -2.32. The highest BCUT2D eigenvalue weighted by Crippen LogP contribution is 2.53. The van der Waals surface area contributed by atoms with E-state index in [0.29, 0.717) is 33.4 Å². The molecule has 0 bridgehead atoms. The lowest BCUT2D eigenvalue weighted by Crippen LogP contribution is -2.41. The molecule has 19 aromatic carbocycles. The van der Waals surface area contributed by atoms with Gasteiger partial charge in [-0.1, -0.05) is 322 Å². The second-order valence-electron chi connectivity index (χ2n) is 39.1. The van der Waals surface area contributed by atoms with Gasteiger partial charge in [-0.3, -0.25) is 28.8 Å². The Labute approximate surface area is 741 Å². The van der Waals surface area contributed by atoms with Crippen molar-refractivity contribution in [3.05, 3.63) is 327 Å². The van der Waals surface area contributed by atoms with Gasteiger partial charge >= 0.3 is 0 Å². The van der Waals surface area contributed by atoms with Crippen molar-refractivity contribution in [2.24, 2.45) is 5.41 Å². The lowest BCUT2D eigenvalue weighted by atomic mass is 9.82. The summed E-state index contributed by atoms with van der Waals surface area (Å²) in [5.41, 5.74) is 16.5. The third-order valence-electron chi connectivity index (χ3n) is 27.1. The van der Waals surface area contributed by atoms with Crippen molar-refractivity contribution < 1.29 is 28.8 Å². The van der Waals surface area contributed by atoms with Gasteiger partial charge in [0.2, 0.25) is 0 Å². The van der Waals surface area contributed by atoms with Gasteiger partial charge < -0.3 is 0 Å². The first kappa shape index (κ1) is 81.4. The fourth-order valence-electron chi connectivity index (χ4n) is 21.1. The quantitative estimate of drug-likeness (QED) is 0.0583. The molecule has 0 saturated carbocycles. The summed E-state index contributed by atoms with van der Waals surface area (Å²) in [4.78, 5) is 90.7. The van der Waals surface area contributed by atoms with E-state index < -0.39 is 0 Å². The molecule has 624 valence electrons. The third-order valence-corrected chi connectivity index (χ3v) is 27.1. The molecule has 3 aliphatic rings. The Hall–Kier alpha value is -13.9. The zero-order chi connectivity index (χ0) is 88.9. The molecule has 127 heavy (non-hydrogen) atoms. The van der Waals surface area contributed by atoms with Crippen LogP contribution in [0.25, 0.3) is 140 Å². The van der Waals surface area contributed by atoms with Crippen LogP contribution < -0.4 is 14.7 Å². The SMILES string of the molecule is CC(C)c1cccc(C(C)C)c1N1C(=O)c2ccc3c4cccc5c(-c6ccc(C(C)(C)C)cc6)ccc(c6ccc(c2c36)C1=O)c54.CC(C)c1cccc(C(C)C)c1N1C(=O)c2ccc3c4cccc5c(C#CC(C)(C)C)ccc(c6ccc(c2c36)C1=O)c54.CC(C)c1cccc(C(C)C)c1N1C(=O)c2ccc3c4cccc5cccc(c6ccc(c2c36)C1=O)c54. The maximum atomic E-state index is 14.5. The van der Waals surface area contributed by atoms with E-state index in [-0.39, 0.29) is 81.8 Å². The molecule has 0 atom stereocenters. The van der Waals surface area contributed by atoms with Crippen LogP contribution in [0.4, 0.5) is 17.1 Å². The van der Waals surface area contributed by atoms with Gasteiger partial charge in [0.1, 0.15) is 0 Å². The first-order chi connectivity index (χ1) is 60.8. The average molecular weight is 1660 g/mol. The van der Waals surface area contributed by atoms with Crippen LogP contribution in [0.2, 0.25) is 0 Å². The molecular weight excluding hydrogens is 1560 g/mol. The van der Waals surface area contributed by atoms with Gasteiger partial charge in [0.15, 0.2) is 0 Å². The van der Waals surface area contributed by atoms with Crippen LogP contribution in [-0.2, 0) is 5.41 Å². The van der Waals surface area contributed by atoms with E-state index in [2.05, 4.69) is 294 Å². The average Bonchev–Trinajstić information content (AvgIpc) is 0.701. The van der Waals surface area contributed by atoms with Crippen molar-refractivity contribution in [3.63, 3.8) is 0 Å². The Morgan fingerprint density at radius 3 is 0.772 bits per heavy atom. The number of hydrogen-bond acceptors (Lipinski definition) is 6. The largest absolute Gasteiger partial charge is 0.268 e. The van der Waals surface area contributed by atoms with Gasteiger partial charge in [-0.25, -0.2) is 14.7 Å². The molecule has 19 aromatic rings. The maximum Gasteiger partial charge on any atom is 0.266 e. The van der Waals surface area contributed by atoms with Gasteiger partial charge in [0.25, 0.3) is 35.4 Å². The number of amides is 6. The molecule has 0 spiro atoms. The Bertz CT molecular complexity index is 7750. The van der Waals surface area contributed by atoms with Crippen molar-refractivity contribution in [1.29, 1.82) is 0 Å². The molecule has 0 fully saturated rings. The minimum absolute atomic E-state index is 0.0927. The number of benzene rings is 19. The summed E-state index contributed by atoms with van der Waals surface area (Å²) >= 11 is 0. The van der Waals surface area contributed by atoms with E-state index in [9.17, 15) is 28.8 Å². The van der Waals surface area contributed by atoms with Crippen LogP contribution in [0.5, 0.6) is 0 Å². The Kier molecular flexibility index (Phi) is 19.2. The molecule has 0 aromatic heterocycles. The second-order valence-corrected chi connectivity index (χ2v) is 39.1. The maximum absolute atomic E-state index is 14.5. The standard InChI is InChI=1S/C44H39NO2.C40H35NO2.C34H27NO2/c1-24(2)28-10-8-11-29(25(3)4)41(28)45-42(46)36-22-20-34-32-13-9-12-31-30(26-14-16-27(17-15-26)44(5,6)7)18-19-33(38(31)32)35-21-23-37(43(45)47)40(36)39(34)35;1-22(2)25-10-8-11-26(23(3)4)37(25)41-38(42)32-18-16-30-28-13-9-12-27-24(20-21-40(5,6)7)14-15-29(34(27)28)31-17-19-33(39(41)43)36(32)35(30)31;1-18(2)21-10-7-11-22(19(3)4)32(21)35-33(36)27-16-14-25-23-12-5-8-20-9-6-13-24(29(20)23)26-15-17-28(34(35)37)31(27)30(25)26/h8-25H,1-7H3;8-19,22-23H,1-7H3;5-19H,1-4H3. The second kappa shape index (κ2) is 29.9. The number of para-hydroxylation sites is 3. The molecule has 9 heteroatoms. The number of carbonyl (C=O) groups is 6. The number of imide groups is 3. The fraction of sp³-hybridized carbons (Fsp3) is 0.220. The van der Waals surface area contributed by atoms with Crippen molar-refractivity contribution in [2.45, 2.75) is 166 Å². The summed E-state index contributed by atoms with van der Waals surface area (Å²) in [6.07, 6.45) is 0. The molecule has 0 unspecified atom stereocenters. The van der Waals surface area contributed by atoms with E-state index in [0.717, 1.165) is 158 Å². The normalized spacial score (nSPS) is 13.8. The number of nitrogens with zero attached hydrogens (tertiary/aromatic N) is 3.